The number of amides is 1. The number of carbonyl (C=O) groups excluding carboxylic acids is 1. The number of rotatable bonds is 3. The average Bonchev–Trinajstić information content (AvgIpc) is 3.22. The van der Waals surface area contributed by atoms with E-state index in [0.717, 1.165) is 44.6 Å². The maximum atomic E-state index is 12.2. The summed E-state index contributed by atoms with van der Waals surface area (Å²) in [7, 11) is 0. The van der Waals surface area contributed by atoms with E-state index in [1.807, 2.05) is 0 Å². The molecule has 1 aliphatic heterocycles. The molecular weight excluding hydrogens is 228 g/mol. The van der Waals surface area contributed by atoms with Crippen molar-refractivity contribution in [2.75, 3.05) is 13.1 Å². The summed E-state index contributed by atoms with van der Waals surface area (Å²) in [4.78, 5) is 20.8. The molecule has 1 unspecified atom stereocenters. The standard InChI is InChI=1S/C13H18N4O/c18-11(10-3-1-6-14-9-10)17-13(4-5-13)12-15-7-2-8-16-12/h2,7-8,10,14H,1,3-6,9H2,(H,17,18). The predicted octanol–water partition coefficient (Wildman–Crippen LogP) is 0.581. The highest BCUT2D eigenvalue weighted by Gasteiger charge is 2.49. The molecule has 0 radical (unpaired) electrons. The lowest BCUT2D eigenvalue weighted by molar-refractivity contribution is -0.126. The van der Waals surface area contributed by atoms with Gasteiger partial charge in [0.15, 0.2) is 5.82 Å². The molecule has 1 atom stereocenters. The van der Waals surface area contributed by atoms with Gasteiger partial charge in [0.2, 0.25) is 5.91 Å². The van der Waals surface area contributed by atoms with Crippen molar-refractivity contribution < 1.29 is 4.79 Å². The minimum absolute atomic E-state index is 0.0972. The van der Waals surface area contributed by atoms with Crippen LogP contribution in [0.3, 0.4) is 0 Å². The minimum atomic E-state index is -0.282. The zero-order valence-corrected chi connectivity index (χ0v) is 10.4. The van der Waals surface area contributed by atoms with E-state index in [4.69, 9.17) is 0 Å². The third-order valence-corrected chi connectivity index (χ3v) is 3.77. The number of hydrogen-bond acceptors (Lipinski definition) is 4. The van der Waals surface area contributed by atoms with Crippen molar-refractivity contribution in [3.63, 3.8) is 0 Å². The maximum Gasteiger partial charge on any atom is 0.225 e. The van der Waals surface area contributed by atoms with Crippen molar-refractivity contribution in [1.82, 2.24) is 20.6 Å². The summed E-state index contributed by atoms with van der Waals surface area (Å²) in [5.74, 6) is 0.995. The highest BCUT2D eigenvalue weighted by molar-refractivity contribution is 5.80. The van der Waals surface area contributed by atoms with Gasteiger partial charge < -0.3 is 10.6 Å². The fourth-order valence-electron chi connectivity index (χ4n) is 2.49. The van der Waals surface area contributed by atoms with Crippen LogP contribution in [0.5, 0.6) is 0 Å². The van der Waals surface area contributed by atoms with Gasteiger partial charge in [-0.25, -0.2) is 9.97 Å². The third kappa shape index (κ3) is 2.22. The van der Waals surface area contributed by atoms with Gasteiger partial charge in [-0.15, -0.1) is 0 Å². The quantitative estimate of drug-likeness (QED) is 0.819. The molecule has 2 fully saturated rings. The van der Waals surface area contributed by atoms with Gasteiger partial charge in [0.25, 0.3) is 0 Å². The molecule has 5 nitrogen and oxygen atoms in total. The Bertz CT molecular complexity index is 424. The van der Waals surface area contributed by atoms with E-state index >= 15 is 0 Å². The van der Waals surface area contributed by atoms with Gasteiger partial charge in [-0.2, -0.15) is 0 Å². The van der Waals surface area contributed by atoms with Gasteiger partial charge in [-0.1, -0.05) is 0 Å². The molecule has 0 bridgehead atoms. The molecule has 2 heterocycles. The second-order valence-corrected chi connectivity index (χ2v) is 5.19. The first-order chi connectivity index (χ1) is 8.80. The molecule has 2 N–H and O–H groups in total. The minimum Gasteiger partial charge on any atom is -0.343 e. The van der Waals surface area contributed by atoms with E-state index in [9.17, 15) is 4.79 Å². The fourth-order valence-corrected chi connectivity index (χ4v) is 2.49. The summed E-state index contributed by atoms with van der Waals surface area (Å²) in [5, 5.41) is 6.42. The van der Waals surface area contributed by atoms with Crippen LogP contribution in [0.25, 0.3) is 0 Å². The normalized spacial score (nSPS) is 25.4. The molecular formula is C13H18N4O. The number of aromatic nitrogens is 2. The first-order valence-corrected chi connectivity index (χ1v) is 6.60. The van der Waals surface area contributed by atoms with Crippen molar-refractivity contribution in [2.45, 2.75) is 31.2 Å². The monoisotopic (exact) mass is 246 g/mol. The first-order valence-electron chi connectivity index (χ1n) is 6.60. The third-order valence-electron chi connectivity index (χ3n) is 3.77. The molecule has 2 aliphatic rings. The molecule has 5 heteroatoms. The van der Waals surface area contributed by atoms with Crippen LogP contribution >= 0.6 is 0 Å². The lowest BCUT2D eigenvalue weighted by atomic mass is 9.98. The molecule has 1 aromatic heterocycles. The number of nitrogens with zero attached hydrogens (tertiary/aromatic N) is 2. The van der Waals surface area contributed by atoms with Crippen molar-refractivity contribution in [2.24, 2.45) is 5.92 Å². The van der Waals surface area contributed by atoms with Gasteiger partial charge in [0, 0.05) is 18.9 Å². The van der Waals surface area contributed by atoms with Crippen LogP contribution in [-0.4, -0.2) is 29.0 Å². The van der Waals surface area contributed by atoms with E-state index in [2.05, 4.69) is 20.6 Å². The van der Waals surface area contributed by atoms with E-state index in [1.54, 1.807) is 18.5 Å². The topological polar surface area (TPSA) is 66.9 Å². The lowest BCUT2D eigenvalue weighted by Gasteiger charge is -2.24. The van der Waals surface area contributed by atoms with Crippen molar-refractivity contribution in [3.05, 3.63) is 24.3 Å². The Hall–Kier alpha value is -1.49. The van der Waals surface area contributed by atoms with Crippen LogP contribution in [-0.2, 0) is 10.3 Å². The summed E-state index contributed by atoms with van der Waals surface area (Å²) < 4.78 is 0. The van der Waals surface area contributed by atoms with Crippen molar-refractivity contribution in [1.29, 1.82) is 0 Å². The molecule has 18 heavy (non-hydrogen) atoms. The maximum absolute atomic E-state index is 12.2. The molecule has 1 saturated heterocycles. The largest absolute Gasteiger partial charge is 0.343 e. The van der Waals surface area contributed by atoms with Gasteiger partial charge in [-0.3, -0.25) is 4.79 Å². The zero-order valence-electron chi connectivity index (χ0n) is 10.4. The molecule has 0 spiro atoms. The Labute approximate surface area is 106 Å². The Kier molecular flexibility index (Phi) is 2.99. The van der Waals surface area contributed by atoms with Gasteiger partial charge >= 0.3 is 0 Å². The highest BCUT2D eigenvalue weighted by Crippen LogP contribution is 2.43. The molecule has 1 amide bonds. The number of nitrogens with one attached hydrogen (secondary N) is 2. The highest BCUT2D eigenvalue weighted by atomic mass is 16.2. The van der Waals surface area contributed by atoms with E-state index in [-0.39, 0.29) is 17.4 Å². The second kappa shape index (κ2) is 4.65. The molecule has 96 valence electrons. The Morgan fingerprint density at radius 1 is 1.39 bits per heavy atom. The molecule has 3 rings (SSSR count). The van der Waals surface area contributed by atoms with Crippen LogP contribution in [0, 0.1) is 5.92 Å². The number of carbonyl (C=O) groups is 1. The van der Waals surface area contributed by atoms with Crippen LogP contribution in [0.4, 0.5) is 0 Å². The van der Waals surface area contributed by atoms with Crippen molar-refractivity contribution >= 4 is 5.91 Å². The summed E-state index contributed by atoms with van der Waals surface area (Å²) in [5.41, 5.74) is -0.282. The van der Waals surface area contributed by atoms with Crippen LogP contribution in [0.2, 0.25) is 0 Å². The zero-order chi connectivity index (χ0) is 12.4. The average molecular weight is 246 g/mol. The van der Waals surface area contributed by atoms with Gasteiger partial charge in [-0.05, 0) is 38.3 Å². The van der Waals surface area contributed by atoms with Gasteiger partial charge in [0.05, 0.1) is 11.5 Å². The summed E-state index contributed by atoms with van der Waals surface area (Å²) in [6.45, 7) is 1.81. The first kappa shape index (κ1) is 11.6. The molecule has 1 saturated carbocycles. The Morgan fingerprint density at radius 2 is 2.17 bits per heavy atom. The number of piperidine rings is 1. The summed E-state index contributed by atoms with van der Waals surface area (Å²) >= 11 is 0. The second-order valence-electron chi connectivity index (χ2n) is 5.19. The fraction of sp³-hybridized carbons (Fsp3) is 0.615. The smallest absolute Gasteiger partial charge is 0.225 e. The SMILES string of the molecule is O=C(NC1(c2ncccn2)CC1)C1CCCNC1. The Morgan fingerprint density at radius 3 is 2.78 bits per heavy atom. The van der Waals surface area contributed by atoms with E-state index in [1.165, 1.54) is 0 Å². The van der Waals surface area contributed by atoms with E-state index < -0.39 is 0 Å². The summed E-state index contributed by atoms with van der Waals surface area (Å²) in [6, 6.07) is 1.80. The molecule has 1 aliphatic carbocycles. The predicted molar refractivity (Wildman–Crippen MR) is 66.7 cm³/mol. The summed E-state index contributed by atoms with van der Waals surface area (Å²) in [6.07, 6.45) is 7.41. The van der Waals surface area contributed by atoms with Gasteiger partial charge in [0.1, 0.15) is 0 Å². The van der Waals surface area contributed by atoms with Crippen LogP contribution in [0.15, 0.2) is 18.5 Å². The van der Waals surface area contributed by atoms with Crippen molar-refractivity contribution in [3.8, 4) is 0 Å². The molecule has 0 aromatic carbocycles. The number of hydrogen-bond donors (Lipinski definition) is 2. The van der Waals surface area contributed by atoms with Crippen LogP contribution < -0.4 is 10.6 Å². The molecule has 1 aromatic rings. The van der Waals surface area contributed by atoms with Crippen LogP contribution in [0.1, 0.15) is 31.5 Å². The van der Waals surface area contributed by atoms with E-state index in [0.29, 0.717) is 0 Å². The lowest BCUT2D eigenvalue weighted by Crippen LogP contribution is -2.45. The Balaban J connectivity index is 1.67.